The number of hydrogen-bond acceptors (Lipinski definition) is 4. The molecule has 0 unspecified atom stereocenters. The molecule has 31 heavy (non-hydrogen) atoms. The molecule has 2 saturated heterocycles. The van der Waals surface area contributed by atoms with Gasteiger partial charge in [-0.2, -0.15) is 0 Å². The highest BCUT2D eigenvalue weighted by Crippen LogP contribution is 2.22. The molecule has 4 heteroatoms. The third-order valence-corrected chi connectivity index (χ3v) is 6.07. The summed E-state index contributed by atoms with van der Waals surface area (Å²) in [5, 5.41) is 0. The monoisotopic (exact) mass is 429 g/mol. The van der Waals surface area contributed by atoms with Crippen molar-refractivity contribution >= 4 is 12.0 Å². The maximum Gasteiger partial charge on any atom is 0.116 e. The summed E-state index contributed by atoms with van der Waals surface area (Å²) in [7, 11) is 0. The second-order valence-electron chi connectivity index (χ2n) is 8.32. The first-order valence-corrected chi connectivity index (χ1v) is 12.5. The average Bonchev–Trinajstić information content (AvgIpc) is 2.81. The fraction of sp³-hybridized carbons (Fsp3) is 0.667. The Balaban J connectivity index is 0.000000884. The molecular weight excluding hydrogens is 382 g/mol. The Kier molecular flexibility index (Phi) is 15.0. The summed E-state index contributed by atoms with van der Waals surface area (Å²) in [5.74, 6) is 0.941. The van der Waals surface area contributed by atoms with E-state index in [1.54, 1.807) is 0 Å². The number of piperidine rings is 1. The number of carbonyl (C=O) groups is 1. The Bertz CT molecular complexity index is 600. The zero-order valence-corrected chi connectivity index (χ0v) is 20.9. The molecule has 176 valence electrons. The van der Waals surface area contributed by atoms with Crippen LogP contribution in [0.15, 0.2) is 36.4 Å². The van der Waals surface area contributed by atoms with E-state index in [1.165, 1.54) is 83.3 Å². The molecule has 0 N–H and O–H groups in total. The van der Waals surface area contributed by atoms with Crippen LogP contribution in [-0.4, -0.2) is 68.4 Å². The quantitative estimate of drug-likeness (QED) is 0.427. The number of aldehydes is 1. The minimum atomic E-state index is 0.750. The number of piperazine rings is 1. The second kappa shape index (κ2) is 17.0. The van der Waals surface area contributed by atoms with E-state index >= 15 is 0 Å². The molecule has 0 spiro atoms. The molecule has 1 aromatic rings. The van der Waals surface area contributed by atoms with Crippen molar-refractivity contribution in [2.45, 2.75) is 60.3 Å². The summed E-state index contributed by atoms with van der Waals surface area (Å²) in [6.45, 7) is 19.7. The van der Waals surface area contributed by atoms with Crippen LogP contribution in [-0.2, 0) is 4.79 Å². The number of benzene rings is 1. The van der Waals surface area contributed by atoms with Crippen molar-refractivity contribution in [1.29, 1.82) is 0 Å². The van der Waals surface area contributed by atoms with Gasteiger partial charge >= 0.3 is 0 Å². The lowest BCUT2D eigenvalue weighted by Crippen LogP contribution is -2.47. The van der Waals surface area contributed by atoms with Gasteiger partial charge in [-0.3, -0.25) is 9.80 Å². The molecule has 0 aromatic heterocycles. The Morgan fingerprint density at radius 3 is 2.19 bits per heavy atom. The number of anilines is 1. The van der Waals surface area contributed by atoms with Crippen LogP contribution in [0.3, 0.4) is 0 Å². The van der Waals surface area contributed by atoms with E-state index in [2.05, 4.69) is 65.0 Å². The molecule has 0 saturated carbocycles. The van der Waals surface area contributed by atoms with Crippen LogP contribution >= 0.6 is 0 Å². The van der Waals surface area contributed by atoms with Crippen LogP contribution in [0.4, 0.5) is 5.69 Å². The largest absolute Gasteiger partial charge is 0.369 e. The lowest BCUT2D eigenvalue weighted by atomic mass is 9.93. The summed E-state index contributed by atoms with van der Waals surface area (Å²) in [5.41, 5.74) is 2.76. The summed E-state index contributed by atoms with van der Waals surface area (Å²) in [4.78, 5) is 16.7. The van der Waals surface area contributed by atoms with Gasteiger partial charge in [0, 0.05) is 38.4 Å². The minimum absolute atomic E-state index is 0.750. The topological polar surface area (TPSA) is 26.8 Å². The number of carbonyl (C=O) groups excluding carboxylic acids is 1. The summed E-state index contributed by atoms with van der Waals surface area (Å²) >= 11 is 0. The molecule has 0 bridgehead atoms. The van der Waals surface area contributed by atoms with Crippen LogP contribution < -0.4 is 4.90 Å². The minimum Gasteiger partial charge on any atom is -0.369 e. The number of likely N-dealkylation sites (tertiary alicyclic amines) is 1. The van der Waals surface area contributed by atoms with Crippen molar-refractivity contribution in [2.75, 3.05) is 57.3 Å². The third kappa shape index (κ3) is 11.0. The van der Waals surface area contributed by atoms with Crippen LogP contribution in [0.1, 0.15) is 58.9 Å². The summed E-state index contributed by atoms with van der Waals surface area (Å²) in [6, 6.07) is 8.94. The fourth-order valence-electron chi connectivity index (χ4n) is 4.27. The fourth-order valence-corrected chi connectivity index (χ4v) is 4.27. The number of aryl methyl sites for hydroxylation is 1. The summed E-state index contributed by atoms with van der Waals surface area (Å²) in [6.07, 6.45) is 10.7. The van der Waals surface area contributed by atoms with E-state index in [1.807, 2.05) is 13.8 Å². The Morgan fingerprint density at radius 2 is 1.61 bits per heavy atom. The highest BCUT2D eigenvalue weighted by atomic mass is 16.1. The van der Waals surface area contributed by atoms with E-state index in [0.717, 1.165) is 25.2 Å². The first kappa shape index (κ1) is 27.4. The normalized spacial score (nSPS) is 18.2. The second-order valence-corrected chi connectivity index (χ2v) is 8.32. The van der Waals surface area contributed by atoms with E-state index in [0.29, 0.717) is 0 Å². The standard InChI is InChI=1S/C23H37N3.C2H4O.C2H6/c1-3-4-5-12-24-13-9-22(10-14-24)11-15-25-16-18-26(19-17-25)23-8-6-7-21(2)20-23;1-2-3;1-2/h4-8,20,22H,3,9-19H2,1-2H3;2H,1H3;1-2H3. The predicted molar refractivity (Wildman–Crippen MR) is 136 cm³/mol. The highest BCUT2D eigenvalue weighted by molar-refractivity contribution is 5.48. The molecule has 3 rings (SSSR count). The van der Waals surface area contributed by atoms with Gasteiger partial charge in [-0.15, -0.1) is 0 Å². The van der Waals surface area contributed by atoms with Crippen LogP contribution in [0.5, 0.6) is 0 Å². The SMILES string of the molecule is CC.CC=O.CCC=CCN1CCC(CCN2CCN(c3cccc(C)c3)CC2)CC1. The lowest BCUT2D eigenvalue weighted by molar-refractivity contribution is -0.106. The number of hydrogen-bond donors (Lipinski definition) is 0. The predicted octanol–water partition coefficient (Wildman–Crippen LogP) is 5.42. The first-order valence-electron chi connectivity index (χ1n) is 12.5. The number of nitrogens with zero attached hydrogens (tertiary/aromatic N) is 3. The maximum absolute atomic E-state index is 8.81. The first-order chi connectivity index (χ1) is 15.2. The molecule has 2 fully saturated rings. The van der Waals surface area contributed by atoms with E-state index in [4.69, 9.17) is 4.79 Å². The highest BCUT2D eigenvalue weighted by Gasteiger charge is 2.21. The lowest BCUT2D eigenvalue weighted by Gasteiger charge is -2.37. The molecule has 4 nitrogen and oxygen atoms in total. The zero-order valence-electron chi connectivity index (χ0n) is 20.9. The van der Waals surface area contributed by atoms with Gasteiger partial charge in [0.2, 0.25) is 0 Å². The van der Waals surface area contributed by atoms with E-state index in [9.17, 15) is 0 Å². The van der Waals surface area contributed by atoms with Gasteiger partial charge in [-0.05, 0) is 82.8 Å². The molecule has 0 radical (unpaired) electrons. The molecule has 0 atom stereocenters. The van der Waals surface area contributed by atoms with Gasteiger partial charge in [0.05, 0.1) is 0 Å². The van der Waals surface area contributed by atoms with E-state index in [-0.39, 0.29) is 0 Å². The van der Waals surface area contributed by atoms with Crippen LogP contribution in [0.25, 0.3) is 0 Å². The third-order valence-electron chi connectivity index (χ3n) is 6.07. The molecular formula is C27H47N3O. The Hall–Kier alpha value is -1.65. The molecule has 2 aliphatic heterocycles. The smallest absolute Gasteiger partial charge is 0.116 e. The van der Waals surface area contributed by atoms with Crippen molar-refractivity contribution in [1.82, 2.24) is 9.80 Å². The van der Waals surface area contributed by atoms with Crippen molar-refractivity contribution < 1.29 is 4.79 Å². The van der Waals surface area contributed by atoms with Crippen molar-refractivity contribution in [2.24, 2.45) is 5.92 Å². The van der Waals surface area contributed by atoms with Crippen molar-refractivity contribution in [3.05, 3.63) is 42.0 Å². The Labute approximate surface area is 192 Å². The van der Waals surface area contributed by atoms with Crippen LogP contribution in [0, 0.1) is 12.8 Å². The van der Waals surface area contributed by atoms with Gasteiger partial charge < -0.3 is 9.69 Å². The molecule has 2 aliphatic rings. The van der Waals surface area contributed by atoms with Gasteiger partial charge in [0.15, 0.2) is 0 Å². The van der Waals surface area contributed by atoms with Gasteiger partial charge in [0.1, 0.15) is 6.29 Å². The number of allylic oxidation sites excluding steroid dienone is 1. The van der Waals surface area contributed by atoms with Crippen molar-refractivity contribution in [3.63, 3.8) is 0 Å². The van der Waals surface area contributed by atoms with Gasteiger partial charge in [-0.1, -0.05) is 45.1 Å². The van der Waals surface area contributed by atoms with Gasteiger partial charge in [-0.25, -0.2) is 0 Å². The molecule has 2 heterocycles. The molecule has 0 aliphatic carbocycles. The van der Waals surface area contributed by atoms with Crippen LogP contribution in [0.2, 0.25) is 0 Å². The summed E-state index contributed by atoms with van der Waals surface area (Å²) < 4.78 is 0. The average molecular weight is 430 g/mol. The maximum atomic E-state index is 8.81. The van der Waals surface area contributed by atoms with Gasteiger partial charge in [0.25, 0.3) is 0 Å². The van der Waals surface area contributed by atoms with Crippen molar-refractivity contribution in [3.8, 4) is 0 Å². The number of rotatable bonds is 7. The molecule has 1 aromatic carbocycles. The molecule has 0 amide bonds. The Morgan fingerprint density at radius 1 is 0.968 bits per heavy atom. The zero-order chi connectivity index (χ0) is 22.9. The van der Waals surface area contributed by atoms with E-state index < -0.39 is 0 Å².